The summed E-state index contributed by atoms with van der Waals surface area (Å²) >= 11 is 0. The van der Waals surface area contributed by atoms with Gasteiger partial charge < -0.3 is 5.73 Å². The number of benzene rings is 3. The molecule has 0 heterocycles. The number of nitrogens with two attached hydrogens (primary N) is 2. The van der Waals surface area contributed by atoms with Gasteiger partial charge >= 0.3 is 0 Å². The first kappa shape index (κ1) is 15.4. The van der Waals surface area contributed by atoms with Crippen molar-refractivity contribution in [2.24, 2.45) is 11.6 Å². The summed E-state index contributed by atoms with van der Waals surface area (Å²) in [6.45, 7) is 0.609. The smallest absolute Gasteiger partial charge is 0.0968 e. The second-order valence-electron chi connectivity index (χ2n) is 5.59. The molecule has 0 saturated carbocycles. The second kappa shape index (κ2) is 7.20. The summed E-state index contributed by atoms with van der Waals surface area (Å²) in [4.78, 5) is 0. The third kappa shape index (κ3) is 3.85. The van der Waals surface area contributed by atoms with E-state index in [9.17, 15) is 0 Å². The molecule has 1 unspecified atom stereocenters. The molecule has 1 atom stereocenters. The lowest BCUT2D eigenvalue weighted by Gasteiger charge is -2.24. The molecule has 0 saturated heterocycles. The van der Waals surface area contributed by atoms with Crippen LogP contribution in [0.4, 0.5) is 0 Å². The standard InChI is InChI=1S/C20H21N3/c21-20(23(22)15-16-8-3-1-4-9-16)19-13-7-12-18(14-19)17-10-5-2-6-11-17/h1-14,20H,15,21-22H2. The Morgan fingerprint density at radius 2 is 1.35 bits per heavy atom. The number of hydrazine groups is 1. The lowest BCUT2D eigenvalue weighted by atomic mass is 10.0. The molecule has 3 nitrogen and oxygen atoms in total. The van der Waals surface area contributed by atoms with Gasteiger partial charge in [0.05, 0.1) is 6.17 Å². The maximum absolute atomic E-state index is 6.33. The topological polar surface area (TPSA) is 55.3 Å². The van der Waals surface area contributed by atoms with Gasteiger partial charge in [-0.15, -0.1) is 0 Å². The predicted octanol–water partition coefficient (Wildman–Crippen LogP) is 3.69. The highest BCUT2D eigenvalue weighted by atomic mass is 15.4. The van der Waals surface area contributed by atoms with Crippen LogP contribution in [0, 0.1) is 0 Å². The van der Waals surface area contributed by atoms with E-state index in [1.165, 1.54) is 5.56 Å². The Bertz CT molecular complexity index is 741. The van der Waals surface area contributed by atoms with Crippen molar-refractivity contribution >= 4 is 0 Å². The van der Waals surface area contributed by atoms with Crippen LogP contribution in [0.3, 0.4) is 0 Å². The fourth-order valence-corrected chi connectivity index (χ4v) is 2.62. The van der Waals surface area contributed by atoms with Gasteiger partial charge in [0.1, 0.15) is 0 Å². The first-order chi connectivity index (χ1) is 11.2. The van der Waals surface area contributed by atoms with Crippen LogP contribution in [-0.4, -0.2) is 5.01 Å². The van der Waals surface area contributed by atoms with Gasteiger partial charge in [0.2, 0.25) is 0 Å². The molecule has 0 aliphatic heterocycles. The molecule has 0 aromatic heterocycles. The monoisotopic (exact) mass is 303 g/mol. The van der Waals surface area contributed by atoms with Crippen molar-refractivity contribution in [1.29, 1.82) is 0 Å². The fraction of sp³-hybridized carbons (Fsp3) is 0.100. The molecular formula is C20H21N3. The van der Waals surface area contributed by atoms with E-state index >= 15 is 0 Å². The summed E-state index contributed by atoms with van der Waals surface area (Å²) in [6.07, 6.45) is -0.348. The summed E-state index contributed by atoms with van der Waals surface area (Å²) in [7, 11) is 0. The van der Waals surface area contributed by atoms with E-state index < -0.39 is 0 Å². The van der Waals surface area contributed by atoms with Crippen LogP contribution in [-0.2, 0) is 6.54 Å². The number of rotatable bonds is 5. The summed E-state index contributed by atoms with van der Waals surface area (Å²) in [5.74, 6) is 6.18. The molecule has 3 rings (SSSR count). The fourth-order valence-electron chi connectivity index (χ4n) is 2.62. The van der Waals surface area contributed by atoms with Crippen LogP contribution < -0.4 is 11.6 Å². The SMILES string of the molecule is NC(c1cccc(-c2ccccc2)c1)N(N)Cc1ccccc1. The number of nitrogens with zero attached hydrogens (tertiary/aromatic N) is 1. The van der Waals surface area contributed by atoms with E-state index in [0.29, 0.717) is 6.54 Å². The van der Waals surface area contributed by atoms with E-state index in [0.717, 1.165) is 16.7 Å². The average molecular weight is 303 g/mol. The maximum Gasteiger partial charge on any atom is 0.0968 e. The number of hydrogen-bond acceptors (Lipinski definition) is 3. The Morgan fingerprint density at radius 3 is 2.04 bits per heavy atom. The average Bonchev–Trinajstić information content (AvgIpc) is 2.63. The van der Waals surface area contributed by atoms with Crippen molar-refractivity contribution < 1.29 is 0 Å². The predicted molar refractivity (Wildman–Crippen MR) is 95.0 cm³/mol. The van der Waals surface area contributed by atoms with Crippen LogP contribution in [0.5, 0.6) is 0 Å². The first-order valence-corrected chi connectivity index (χ1v) is 7.70. The van der Waals surface area contributed by atoms with Crippen molar-refractivity contribution in [1.82, 2.24) is 5.01 Å². The summed E-state index contributed by atoms with van der Waals surface area (Å²) in [5.41, 5.74) is 10.8. The molecule has 0 aliphatic carbocycles. The Balaban J connectivity index is 1.78. The molecule has 0 radical (unpaired) electrons. The van der Waals surface area contributed by atoms with Crippen LogP contribution >= 0.6 is 0 Å². The summed E-state index contributed by atoms with van der Waals surface area (Å²) < 4.78 is 0. The second-order valence-corrected chi connectivity index (χ2v) is 5.59. The van der Waals surface area contributed by atoms with Crippen LogP contribution in [0.1, 0.15) is 17.3 Å². The largest absolute Gasteiger partial charge is 0.311 e. The Hall–Kier alpha value is -2.46. The summed E-state index contributed by atoms with van der Waals surface area (Å²) in [6, 6.07) is 28.6. The van der Waals surface area contributed by atoms with Crippen molar-refractivity contribution in [3.8, 4) is 11.1 Å². The van der Waals surface area contributed by atoms with Gasteiger partial charge in [-0.25, -0.2) is 5.01 Å². The molecule has 0 aliphatic rings. The lowest BCUT2D eigenvalue weighted by molar-refractivity contribution is 0.197. The third-order valence-corrected chi connectivity index (χ3v) is 3.90. The van der Waals surface area contributed by atoms with Crippen molar-refractivity contribution in [3.63, 3.8) is 0 Å². The third-order valence-electron chi connectivity index (χ3n) is 3.90. The highest BCUT2D eigenvalue weighted by Gasteiger charge is 2.13. The van der Waals surface area contributed by atoms with Gasteiger partial charge in [-0.1, -0.05) is 78.9 Å². The van der Waals surface area contributed by atoms with Crippen molar-refractivity contribution in [3.05, 3.63) is 96.1 Å². The molecule has 23 heavy (non-hydrogen) atoms. The molecule has 116 valence electrons. The molecule has 0 spiro atoms. The number of hydrogen-bond donors (Lipinski definition) is 2. The highest BCUT2D eigenvalue weighted by Crippen LogP contribution is 2.23. The minimum atomic E-state index is -0.348. The molecule has 0 bridgehead atoms. The molecule has 3 heteroatoms. The van der Waals surface area contributed by atoms with Gasteiger partial charge in [-0.2, -0.15) is 0 Å². The zero-order valence-electron chi connectivity index (χ0n) is 13.0. The van der Waals surface area contributed by atoms with E-state index in [4.69, 9.17) is 11.6 Å². The Labute approximate surface area is 137 Å². The van der Waals surface area contributed by atoms with E-state index in [1.54, 1.807) is 5.01 Å². The van der Waals surface area contributed by atoms with Gasteiger partial charge in [-0.3, -0.25) is 5.84 Å². The lowest BCUT2D eigenvalue weighted by Crippen LogP contribution is -2.39. The normalized spacial score (nSPS) is 12.3. The minimum Gasteiger partial charge on any atom is -0.311 e. The van der Waals surface area contributed by atoms with Gasteiger partial charge in [-0.05, 0) is 28.3 Å². The zero-order chi connectivity index (χ0) is 16.1. The maximum atomic E-state index is 6.33. The molecule has 4 N–H and O–H groups in total. The van der Waals surface area contributed by atoms with Crippen molar-refractivity contribution in [2.75, 3.05) is 0 Å². The van der Waals surface area contributed by atoms with Gasteiger partial charge in [0.25, 0.3) is 0 Å². The molecule has 0 fully saturated rings. The van der Waals surface area contributed by atoms with Crippen LogP contribution in [0.2, 0.25) is 0 Å². The summed E-state index contributed by atoms with van der Waals surface area (Å²) in [5, 5.41) is 1.67. The van der Waals surface area contributed by atoms with E-state index in [2.05, 4.69) is 24.3 Å². The first-order valence-electron chi connectivity index (χ1n) is 7.70. The minimum absolute atomic E-state index is 0.348. The van der Waals surface area contributed by atoms with Gasteiger partial charge in [0.15, 0.2) is 0 Å². The van der Waals surface area contributed by atoms with E-state index in [1.807, 2.05) is 60.7 Å². The Morgan fingerprint density at radius 1 is 0.739 bits per heavy atom. The molecule has 3 aromatic carbocycles. The molecular weight excluding hydrogens is 282 g/mol. The van der Waals surface area contributed by atoms with Gasteiger partial charge in [0, 0.05) is 6.54 Å². The molecule has 3 aromatic rings. The zero-order valence-corrected chi connectivity index (χ0v) is 13.0. The van der Waals surface area contributed by atoms with Crippen LogP contribution in [0.25, 0.3) is 11.1 Å². The van der Waals surface area contributed by atoms with E-state index in [-0.39, 0.29) is 6.17 Å². The quantitative estimate of drug-likeness (QED) is 0.429. The van der Waals surface area contributed by atoms with Crippen molar-refractivity contribution in [2.45, 2.75) is 12.7 Å². The highest BCUT2D eigenvalue weighted by molar-refractivity contribution is 5.64. The molecule has 0 amide bonds. The Kier molecular flexibility index (Phi) is 4.83. The van der Waals surface area contributed by atoms with Crippen LogP contribution in [0.15, 0.2) is 84.9 Å².